The van der Waals surface area contributed by atoms with E-state index in [4.69, 9.17) is 5.73 Å². The molecule has 0 radical (unpaired) electrons. The molecule has 0 saturated carbocycles. The number of carbonyl (C=O) groups is 2. The highest BCUT2D eigenvalue weighted by atomic mass is 16.2. The van der Waals surface area contributed by atoms with Crippen molar-refractivity contribution in [2.75, 3.05) is 0 Å². The normalized spacial score (nSPS) is 12.9. The quantitative estimate of drug-likeness (QED) is 0.636. The van der Waals surface area contributed by atoms with Gasteiger partial charge in [0.15, 0.2) is 0 Å². The van der Waals surface area contributed by atoms with Crippen molar-refractivity contribution in [1.82, 2.24) is 0 Å². The van der Waals surface area contributed by atoms with Crippen molar-refractivity contribution >= 4 is 11.7 Å². The van der Waals surface area contributed by atoms with E-state index < -0.39 is 11.7 Å². The number of primary amides is 1. The lowest BCUT2D eigenvalue weighted by Crippen LogP contribution is -2.31. The Morgan fingerprint density at radius 3 is 1.86 bits per heavy atom. The maximum Gasteiger partial charge on any atom is 0.285 e. The molecule has 2 N–H and O–H groups in total. The van der Waals surface area contributed by atoms with Gasteiger partial charge in [0.05, 0.1) is 0 Å². The van der Waals surface area contributed by atoms with Gasteiger partial charge in [-0.15, -0.1) is 0 Å². The first kappa shape index (κ1) is 13.1. The molecule has 3 nitrogen and oxygen atoms in total. The molecule has 0 aromatic carbocycles. The summed E-state index contributed by atoms with van der Waals surface area (Å²) in [7, 11) is 0. The van der Waals surface area contributed by atoms with Crippen LogP contribution in [0.5, 0.6) is 0 Å². The Labute approximate surface area is 86.1 Å². The van der Waals surface area contributed by atoms with E-state index in [0.29, 0.717) is 12.3 Å². The molecule has 1 unspecified atom stereocenters. The molecule has 0 fully saturated rings. The second kappa shape index (κ2) is 6.57. The van der Waals surface area contributed by atoms with Gasteiger partial charge in [-0.3, -0.25) is 9.59 Å². The van der Waals surface area contributed by atoms with Crippen molar-refractivity contribution in [2.45, 2.75) is 46.5 Å². The van der Waals surface area contributed by atoms with Gasteiger partial charge in [-0.05, 0) is 18.8 Å². The molecule has 3 heteroatoms. The van der Waals surface area contributed by atoms with Gasteiger partial charge in [0.1, 0.15) is 0 Å². The topological polar surface area (TPSA) is 60.2 Å². The highest BCUT2D eigenvalue weighted by Gasteiger charge is 2.23. The molecule has 0 aromatic rings. The summed E-state index contributed by atoms with van der Waals surface area (Å²) in [6.07, 6.45) is 3.61. The zero-order chi connectivity index (χ0) is 11.1. The van der Waals surface area contributed by atoms with Gasteiger partial charge in [0.25, 0.3) is 5.91 Å². The largest absolute Gasteiger partial charge is 0.363 e. The molecule has 0 rings (SSSR count). The third kappa shape index (κ3) is 3.90. The fourth-order valence-electron chi connectivity index (χ4n) is 1.68. The Kier molecular flexibility index (Phi) is 6.17. The molecule has 0 bridgehead atoms. The molecule has 0 heterocycles. The van der Waals surface area contributed by atoms with Crippen molar-refractivity contribution in [3.05, 3.63) is 0 Å². The van der Waals surface area contributed by atoms with Crippen molar-refractivity contribution in [2.24, 2.45) is 17.6 Å². The van der Waals surface area contributed by atoms with E-state index in [1.165, 1.54) is 0 Å². The van der Waals surface area contributed by atoms with Crippen LogP contribution < -0.4 is 5.73 Å². The lowest BCUT2D eigenvalue weighted by Gasteiger charge is -2.18. The van der Waals surface area contributed by atoms with Gasteiger partial charge in [-0.1, -0.05) is 33.6 Å². The molecular formula is C11H21NO2. The third-order valence-electron chi connectivity index (χ3n) is 2.88. The average Bonchev–Trinajstić information content (AvgIpc) is 2.19. The summed E-state index contributed by atoms with van der Waals surface area (Å²) < 4.78 is 0. The van der Waals surface area contributed by atoms with Gasteiger partial charge < -0.3 is 5.73 Å². The van der Waals surface area contributed by atoms with Crippen molar-refractivity contribution in [3.8, 4) is 0 Å². The minimum absolute atomic E-state index is 0.169. The summed E-state index contributed by atoms with van der Waals surface area (Å²) in [5.74, 6) is -0.831. The van der Waals surface area contributed by atoms with Gasteiger partial charge in [0.2, 0.25) is 5.78 Å². The predicted octanol–water partition coefficient (Wildman–Crippen LogP) is 1.89. The summed E-state index contributed by atoms with van der Waals surface area (Å²) in [6, 6.07) is 0. The molecule has 0 saturated heterocycles. The Hall–Kier alpha value is -0.860. The molecule has 14 heavy (non-hydrogen) atoms. The first-order valence-corrected chi connectivity index (χ1v) is 5.40. The van der Waals surface area contributed by atoms with Crippen LogP contribution in [0.3, 0.4) is 0 Å². The van der Waals surface area contributed by atoms with Crippen LogP contribution in [0.2, 0.25) is 0 Å². The van der Waals surface area contributed by atoms with E-state index in [0.717, 1.165) is 19.3 Å². The minimum Gasteiger partial charge on any atom is -0.363 e. The Morgan fingerprint density at radius 1 is 1.07 bits per heavy atom. The monoisotopic (exact) mass is 199 g/mol. The van der Waals surface area contributed by atoms with Crippen molar-refractivity contribution in [3.63, 3.8) is 0 Å². The standard InChI is InChI=1S/C11H21NO2/c1-4-8(5-2)7-9(6-3)10(13)11(12)14/h8-9H,4-7H2,1-3H3,(H2,12,14). The Bertz CT molecular complexity index is 197. The number of amides is 1. The van der Waals surface area contributed by atoms with Gasteiger partial charge in [-0.2, -0.15) is 0 Å². The van der Waals surface area contributed by atoms with Gasteiger partial charge in [0, 0.05) is 5.92 Å². The number of ketones is 1. The van der Waals surface area contributed by atoms with Crippen LogP contribution in [-0.4, -0.2) is 11.7 Å². The van der Waals surface area contributed by atoms with Crippen molar-refractivity contribution in [1.29, 1.82) is 0 Å². The molecule has 1 atom stereocenters. The van der Waals surface area contributed by atoms with Crippen LogP contribution in [0, 0.1) is 11.8 Å². The first-order chi connectivity index (χ1) is 6.56. The molecule has 0 aromatic heterocycles. The van der Waals surface area contributed by atoms with E-state index in [1.807, 2.05) is 6.92 Å². The SMILES string of the molecule is CCC(CC)CC(CC)C(=O)C(N)=O. The summed E-state index contributed by atoms with van der Waals surface area (Å²) in [5, 5.41) is 0. The number of hydrogen-bond donors (Lipinski definition) is 1. The van der Waals surface area contributed by atoms with E-state index in [9.17, 15) is 9.59 Å². The zero-order valence-corrected chi connectivity index (χ0v) is 9.38. The third-order valence-corrected chi connectivity index (χ3v) is 2.88. The first-order valence-electron chi connectivity index (χ1n) is 5.40. The summed E-state index contributed by atoms with van der Waals surface area (Å²) >= 11 is 0. The van der Waals surface area contributed by atoms with E-state index in [1.54, 1.807) is 0 Å². The highest BCUT2D eigenvalue weighted by molar-refractivity contribution is 6.36. The number of nitrogens with two attached hydrogens (primary N) is 1. The smallest absolute Gasteiger partial charge is 0.285 e. The predicted molar refractivity (Wildman–Crippen MR) is 56.7 cm³/mol. The summed E-state index contributed by atoms with van der Waals surface area (Å²) in [5.41, 5.74) is 4.98. The average molecular weight is 199 g/mol. The van der Waals surface area contributed by atoms with Crippen LogP contribution >= 0.6 is 0 Å². The van der Waals surface area contributed by atoms with Gasteiger partial charge in [-0.25, -0.2) is 0 Å². The lowest BCUT2D eigenvalue weighted by molar-refractivity contribution is -0.138. The maximum absolute atomic E-state index is 11.4. The second-order valence-corrected chi connectivity index (χ2v) is 3.75. The molecule has 0 spiro atoms. The zero-order valence-electron chi connectivity index (χ0n) is 9.38. The summed E-state index contributed by atoms with van der Waals surface area (Å²) in [4.78, 5) is 22.1. The molecule has 0 aliphatic rings. The van der Waals surface area contributed by atoms with Crippen LogP contribution in [0.4, 0.5) is 0 Å². The van der Waals surface area contributed by atoms with E-state index in [2.05, 4.69) is 13.8 Å². The number of carbonyl (C=O) groups excluding carboxylic acids is 2. The van der Waals surface area contributed by atoms with Crippen LogP contribution in [0.15, 0.2) is 0 Å². The molecule has 0 aliphatic carbocycles. The number of Topliss-reactive ketones (excluding diaryl/α,β-unsaturated/α-hetero) is 1. The van der Waals surface area contributed by atoms with Crippen molar-refractivity contribution < 1.29 is 9.59 Å². The number of rotatable bonds is 7. The fourth-order valence-corrected chi connectivity index (χ4v) is 1.68. The fraction of sp³-hybridized carbons (Fsp3) is 0.818. The lowest BCUT2D eigenvalue weighted by atomic mass is 9.86. The van der Waals surface area contributed by atoms with Crippen LogP contribution in [0.25, 0.3) is 0 Å². The second-order valence-electron chi connectivity index (χ2n) is 3.75. The Balaban J connectivity index is 4.27. The van der Waals surface area contributed by atoms with Gasteiger partial charge >= 0.3 is 0 Å². The highest BCUT2D eigenvalue weighted by Crippen LogP contribution is 2.21. The molecule has 1 amide bonds. The summed E-state index contributed by atoms with van der Waals surface area (Å²) in [6.45, 7) is 6.14. The molecular weight excluding hydrogens is 178 g/mol. The minimum atomic E-state index is -0.789. The van der Waals surface area contributed by atoms with Crippen LogP contribution in [0.1, 0.15) is 46.5 Å². The van der Waals surface area contributed by atoms with E-state index in [-0.39, 0.29) is 5.92 Å². The Morgan fingerprint density at radius 2 is 1.57 bits per heavy atom. The van der Waals surface area contributed by atoms with Crippen LogP contribution in [-0.2, 0) is 9.59 Å². The van der Waals surface area contributed by atoms with E-state index >= 15 is 0 Å². The molecule has 82 valence electrons. The molecule has 0 aliphatic heterocycles. The number of hydrogen-bond acceptors (Lipinski definition) is 2. The maximum atomic E-state index is 11.4.